The van der Waals surface area contributed by atoms with E-state index in [1.54, 1.807) is 6.92 Å². The van der Waals surface area contributed by atoms with E-state index in [1.807, 2.05) is 12.1 Å². The molecule has 0 bridgehead atoms. The van der Waals surface area contributed by atoms with Crippen LogP contribution in [0.3, 0.4) is 0 Å². The van der Waals surface area contributed by atoms with E-state index in [0.717, 1.165) is 12.7 Å². The molecular formula is C17H25NO3S. The zero-order chi connectivity index (χ0) is 16.5. The highest BCUT2D eigenvalue weighted by Gasteiger charge is 2.34. The lowest BCUT2D eigenvalue weighted by atomic mass is 9.90. The molecule has 1 aliphatic carbocycles. The molecule has 0 aromatic heterocycles. The van der Waals surface area contributed by atoms with Crippen LogP contribution in [-0.2, 0) is 14.6 Å². The molecule has 1 aromatic rings. The van der Waals surface area contributed by atoms with E-state index >= 15 is 0 Å². The molecule has 1 amide bonds. The van der Waals surface area contributed by atoms with Crippen LogP contribution >= 0.6 is 0 Å². The van der Waals surface area contributed by atoms with Crippen molar-refractivity contribution in [2.24, 2.45) is 11.8 Å². The maximum atomic E-state index is 12.3. The van der Waals surface area contributed by atoms with Gasteiger partial charge in [0, 0.05) is 12.2 Å². The minimum Gasteiger partial charge on any atom is -0.349 e. The highest BCUT2D eigenvalue weighted by atomic mass is 32.2. The Morgan fingerprint density at radius 3 is 2.36 bits per heavy atom. The molecule has 0 aliphatic heterocycles. The van der Waals surface area contributed by atoms with E-state index in [1.165, 1.54) is 11.1 Å². The lowest BCUT2D eigenvalue weighted by molar-refractivity contribution is -0.124. The normalized spacial score (nSPS) is 22.4. The Morgan fingerprint density at radius 1 is 1.23 bits per heavy atom. The first-order chi connectivity index (χ1) is 10.2. The summed E-state index contributed by atoms with van der Waals surface area (Å²) in [4.78, 5) is 12.3. The molecule has 0 saturated carbocycles. The van der Waals surface area contributed by atoms with Crippen molar-refractivity contribution in [3.05, 3.63) is 35.4 Å². The number of carbonyl (C=O) groups is 1. The molecule has 2 rings (SSSR count). The number of amides is 1. The Balaban J connectivity index is 2.13. The molecule has 4 nitrogen and oxygen atoms in total. The second-order valence-electron chi connectivity index (χ2n) is 6.77. The summed E-state index contributed by atoms with van der Waals surface area (Å²) in [6.07, 6.45) is 2.05. The number of carbonyl (C=O) groups excluding carboxylic acids is 1. The van der Waals surface area contributed by atoms with Gasteiger partial charge in [-0.2, -0.15) is 0 Å². The van der Waals surface area contributed by atoms with Crippen LogP contribution in [0.4, 0.5) is 0 Å². The van der Waals surface area contributed by atoms with Gasteiger partial charge >= 0.3 is 0 Å². The molecule has 3 atom stereocenters. The molecule has 1 aliphatic rings. The average molecular weight is 323 g/mol. The Hall–Kier alpha value is -1.36. The summed E-state index contributed by atoms with van der Waals surface area (Å²) in [6.45, 7) is 6.05. The quantitative estimate of drug-likeness (QED) is 0.906. The van der Waals surface area contributed by atoms with Crippen LogP contribution in [0.2, 0.25) is 0 Å². The van der Waals surface area contributed by atoms with Gasteiger partial charge in [0.05, 0.1) is 11.8 Å². The number of nitrogens with one attached hydrogen (secondary N) is 1. The van der Waals surface area contributed by atoms with Crippen molar-refractivity contribution in [1.29, 1.82) is 0 Å². The van der Waals surface area contributed by atoms with Gasteiger partial charge in [-0.25, -0.2) is 8.42 Å². The van der Waals surface area contributed by atoms with Crippen LogP contribution in [0.15, 0.2) is 24.3 Å². The minimum atomic E-state index is -3.15. The second-order valence-corrected chi connectivity index (χ2v) is 8.95. The SMILES string of the molecule is CC(C)[C@H]1C[C@@H](NC(=O)[C@H](C)CS(C)(=O)=O)c2ccccc21. The highest BCUT2D eigenvalue weighted by molar-refractivity contribution is 7.90. The van der Waals surface area contributed by atoms with Gasteiger partial charge in [0.25, 0.3) is 0 Å². The van der Waals surface area contributed by atoms with E-state index in [-0.39, 0.29) is 17.7 Å². The Morgan fingerprint density at radius 2 is 1.82 bits per heavy atom. The van der Waals surface area contributed by atoms with E-state index in [9.17, 15) is 13.2 Å². The third-order valence-electron chi connectivity index (χ3n) is 4.38. The summed E-state index contributed by atoms with van der Waals surface area (Å²) >= 11 is 0. The number of hydrogen-bond donors (Lipinski definition) is 1. The van der Waals surface area contributed by atoms with Crippen molar-refractivity contribution in [1.82, 2.24) is 5.32 Å². The fourth-order valence-electron chi connectivity index (χ4n) is 3.29. The Kier molecular flexibility index (Phi) is 4.95. The summed E-state index contributed by atoms with van der Waals surface area (Å²) in [7, 11) is -3.15. The largest absolute Gasteiger partial charge is 0.349 e. The lowest BCUT2D eigenvalue weighted by Crippen LogP contribution is -2.35. The Bertz CT molecular complexity index is 652. The monoisotopic (exact) mass is 323 g/mol. The van der Waals surface area contributed by atoms with Gasteiger partial charge in [-0.3, -0.25) is 4.79 Å². The molecule has 122 valence electrons. The fraction of sp³-hybridized carbons (Fsp3) is 0.588. The summed E-state index contributed by atoms with van der Waals surface area (Å²) < 4.78 is 22.7. The lowest BCUT2D eigenvalue weighted by Gasteiger charge is -2.18. The third kappa shape index (κ3) is 3.88. The van der Waals surface area contributed by atoms with Crippen molar-refractivity contribution in [3.8, 4) is 0 Å². The first-order valence-electron chi connectivity index (χ1n) is 7.76. The van der Waals surface area contributed by atoms with E-state index in [4.69, 9.17) is 0 Å². The molecular weight excluding hydrogens is 298 g/mol. The zero-order valence-corrected chi connectivity index (χ0v) is 14.5. The van der Waals surface area contributed by atoms with Gasteiger partial charge < -0.3 is 5.32 Å². The van der Waals surface area contributed by atoms with Gasteiger partial charge in [-0.1, -0.05) is 45.0 Å². The maximum Gasteiger partial charge on any atom is 0.224 e. The summed E-state index contributed by atoms with van der Waals surface area (Å²) in [5, 5.41) is 3.04. The number of fused-ring (bicyclic) bond motifs is 1. The van der Waals surface area contributed by atoms with Crippen LogP contribution in [0.5, 0.6) is 0 Å². The number of rotatable bonds is 5. The van der Waals surface area contributed by atoms with E-state index in [0.29, 0.717) is 11.8 Å². The predicted octanol–water partition coefficient (Wildman–Crippen LogP) is 2.67. The molecule has 0 unspecified atom stereocenters. The molecule has 0 radical (unpaired) electrons. The molecule has 22 heavy (non-hydrogen) atoms. The smallest absolute Gasteiger partial charge is 0.224 e. The van der Waals surface area contributed by atoms with Crippen molar-refractivity contribution >= 4 is 15.7 Å². The molecule has 1 N–H and O–H groups in total. The molecule has 1 aromatic carbocycles. The van der Waals surface area contributed by atoms with Crippen LogP contribution in [-0.4, -0.2) is 26.3 Å². The van der Waals surface area contributed by atoms with Gasteiger partial charge in [-0.15, -0.1) is 0 Å². The maximum absolute atomic E-state index is 12.3. The fourth-order valence-corrected chi connectivity index (χ4v) is 4.35. The van der Waals surface area contributed by atoms with Gasteiger partial charge in [0.15, 0.2) is 0 Å². The van der Waals surface area contributed by atoms with Crippen LogP contribution < -0.4 is 5.32 Å². The number of benzene rings is 1. The van der Waals surface area contributed by atoms with Crippen LogP contribution in [0.1, 0.15) is 50.3 Å². The average Bonchev–Trinajstić information content (AvgIpc) is 2.76. The topological polar surface area (TPSA) is 63.2 Å². The molecule has 0 heterocycles. The molecule has 0 fully saturated rings. The van der Waals surface area contributed by atoms with E-state index < -0.39 is 15.8 Å². The van der Waals surface area contributed by atoms with Crippen molar-refractivity contribution in [2.45, 2.75) is 39.2 Å². The summed E-state index contributed by atoms with van der Waals surface area (Å²) in [5.41, 5.74) is 2.47. The summed E-state index contributed by atoms with van der Waals surface area (Å²) in [5.74, 6) is 0.124. The number of sulfone groups is 1. The van der Waals surface area contributed by atoms with Crippen molar-refractivity contribution < 1.29 is 13.2 Å². The van der Waals surface area contributed by atoms with Crippen molar-refractivity contribution in [3.63, 3.8) is 0 Å². The number of hydrogen-bond acceptors (Lipinski definition) is 3. The first-order valence-corrected chi connectivity index (χ1v) is 9.82. The van der Waals surface area contributed by atoms with Gasteiger partial charge in [0.1, 0.15) is 9.84 Å². The molecule has 5 heteroatoms. The standard InChI is InChI=1S/C17H25NO3S/c1-11(2)15-9-16(14-8-6-5-7-13(14)15)18-17(19)12(3)10-22(4,20)21/h5-8,11-12,15-16H,9-10H2,1-4H3,(H,18,19)/t12-,15-,16-/m1/s1. The van der Waals surface area contributed by atoms with Crippen molar-refractivity contribution in [2.75, 3.05) is 12.0 Å². The minimum absolute atomic E-state index is 0.0156. The Labute approximate surface area is 133 Å². The zero-order valence-electron chi connectivity index (χ0n) is 13.7. The van der Waals surface area contributed by atoms with Crippen LogP contribution in [0.25, 0.3) is 0 Å². The van der Waals surface area contributed by atoms with Crippen LogP contribution in [0, 0.1) is 11.8 Å². The first kappa shape index (κ1) is 17.0. The molecule has 0 saturated heterocycles. The predicted molar refractivity (Wildman–Crippen MR) is 88.4 cm³/mol. The molecule has 0 spiro atoms. The second kappa shape index (κ2) is 6.41. The van der Waals surface area contributed by atoms with Gasteiger partial charge in [0.2, 0.25) is 5.91 Å². The van der Waals surface area contributed by atoms with Gasteiger partial charge in [-0.05, 0) is 29.4 Å². The third-order valence-corrected chi connectivity index (χ3v) is 5.49. The van der Waals surface area contributed by atoms with E-state index in [2.05, 4.69) is 31.3 Å². The summed E-state index contributed by atoms with van der Waals surface area (Å²) in [6, 6.07) is 8.19. The highest BCUT2D eigenvalue weighted by Crippen LogP contribution is 2.44.